The maximum absolute atomic E-state index is 6.98. The smallest absolute Gasteiger partial charge is 0.165 e. The van der Waals surface area contributed by atoms with E-state index in [1.54, 1.807) is 7.11 Å². The molecule has 2 aromatic carbocycles. The molecule has 0 radical (unpaired) electrons. The summed E-state index contributed by atoms with van der Waals surface area (Å²) < 4.78 is 19.3. The molecule has 1 spiro atoms. The third kappa shape index (κ3) is 2.87. The van der Waals surface area contributed by atoms with Crippen LogP contribution in [0.1, 0.15) is 55.2 Å². The van der Waals surface area contributed by atoms with Crippen molar-refractivity contribution in [3.05, 3.63) is 59.2 Å². The standard InChI is InChI=1S/C31H37NO3/c1-33-25-12-11-22-16-24-23-17-30(13-5-8-20-6-3-2-4-7-20)19-34-28(30)29-31(23,26(22)27(25)35-29)14-15-32(24)18-21-9-10-21/h2-4,6-7,11-12,21,23-24,28-29H,5,8-10,13-19H2,1H3/t23?,24?,28-,29?,30-,31?/m1/s1. The van der Waals surface area contributed by atoms with Crippen molar-refractivity contribution in [1.29, 1.82) is 0 Å². The summed E-state index contributed by atoms with van der Waals surface area (Å²) in [6.45, 7) is 3.43. The largest absolute Gasteiger partial charge is 0.493 e. The maximum atomic E-state index is 6.98. The summed E-state index contributed by atoms with van der Waals surface area (Å²) in [5.41, 5.74) is 4.85. The highest BCUT2D eigenvalue weighted by atomic mass is 16.6. The molecule has 6 aliphatic rings. The number of likely N-dealkylation sites (tertiary alicyclic amines) is 1. The number of hydrogen-bond donors (Lipinski definition) is 0. The lowest BCUT2D eigenvalue weighted by Gasteiger charge is -2.67. The Labute approximate surface area is 208 Å². The Hall–Kier alpha value is -2.04. The van der Waals surface area contributed by atoms with E-state index in [9.17, 15) is 0 Å². The first-order valence-corrected chi connectivity index (χ1v) is 14.0. The van der Waals surface area contributed by atoms with Gasteiger partial charge in [0, 0.05) is 29.0 Å². The van der Waals surface area contributed by atoms with E-state index < -0.39 is 0 Å². The van der Waals surface area contributed by atoms with Crippen LogP contribution in [-0.4, -0.2) is 50.0 Å². The first-order chi connectivity index (χ1) is 17.2. The van der Waals surface area contributed by atoms with Crippen molar-refractivity contribution in [2.75, 3.05) is 26.8 Å². The van der Waals surface area contributed by atoms with Crippen molar-refractivity contribution in [2.24, 2.45) is 17.3 Å². The van der Waals surface area contributed by atoms with Gasteiger partial charge in [0.1, 0.15) is 12.2 Å². The summed E-state index contributed by atoms with van der Waals surface area (Å²) in [5, 5.41) is 0. The molecule has 0 N–H and O–H groups in total. The molecule has 2 saturated heterocycles. The van der Waals surface area contributed by atoms with Crippen molar-refractivity contribution in [1.82, 2.24) is 4.90 Å². The normalized spacial score (nSPS) is 38.2. The number of hydrogen-bond acceptors (Lipinski definition) is 4. The van der Waals surface area contributed by atoms with Crippen molar-refractivity contribution in [2.45, 2.75) is 75.0 Å². The molecule has 6 atom stereocenters. The van der Waals surface area contributed by atoms with Gasteiger partial charge in [-0.15, -0.1) is 0 Å². The van der Waals surface area contributed by atoms with E-state index >= 15 is 0 Å². The second-order valence-electron chi connectivity index (χ2n) is 12.4. The molecule has 3 aliphatic heterocycles. The highest BCUT2D eigenvalue weighted by molar-refractivity contribution is 5.61. The van der Waals surface area contributed by atoms with Gasteiger partial charge >= 0.3 is 0 Å². The molecule has 4 nitrogen and oxygen atoms in total. The first-order valence-electron chi connectivity index (χ1n) is 14.0. The minimum Gasteiger partial charge on any atom is -0.493 e. The molecule has 8 rings (SSSR count). The number of benzene rings is 2. The molecule has 4 heteroatoms. The zero-order valence-corrected chi connectivity index (χ0v) is 20.9. The molecule has 0 amide bonds. The van der Waals surface area contributed by atoms with Crippen LogP contribution >= 0.6 is 0 Å². The van der Waals surface area contributed by atoms with E-state index in [0.29, 0.717) is 12.0 Å². The van der Waals surface area contributed by atoms with Gasteiger partial charge in [0.15, 0.2) is 11.5 Å². The van der Waals surface area contributed by atoms with Gasteiger partial charge in [-0.2, -0.15) is 0 Å². The number of piperidine rings is 1. The Kier molecular flexibility index (Phi) is 4.51. The fourth-order valence-corrected chi connectivity index (χ4v) is 8.93. The van der Waals surface area contributed by atoms with Gasteiger partial charge < -0.3 is 14.2 Å². The molecular weight excluding hydrogens is 434 g/mol. The van der Waals surface area contributed by atoms with Crippen molar-refractivity contribution >= 4 is 0 Å². The lowest BCUT2D eigenvalue weighted by Crippen LogP contribution is -2.75. The third-order valence-corrected chi connectivity index (χ3v) is 10.7. The molecule has 2 aromatic rings. The Morgan fingerprint density at radius 2 is 1.97 bits per heavy atom. The van der Waals surface area contributed by atoms with Crippen LogP contribution in [0.25, 0.3) is 0 Å². The van der Waals surface area contributed by atoms with Crippen LogP contribution in [0.15, 0.2) is 42.5 Å². The number of nitrogens with zero attached hydrogens (tertiary/aromatic N) is 1. The van der Waals surface area contributed by atoms with Crippen LogP contribution in [-0.2, 0) is 23.0 Å². The van der Waals surface area contributed by atoms with Crippen LogP contribution in [0.2, 0.25) is 0 Å². The van der Waals surface area contributed by atoms with Crippen LogP contribution in [0.5, 0.6) is 11.5 Å². The summed E-state index contributed by atoms with van der Waals surface area (Å²) in [4.78, 5) is 2.90. The van der Waals surface area contributed by atoms with Gasteiger partial charge in [0.25, 0.3) is 0 Å². The molecule has 3 aliphatic carbocycles. The fourth-order valence-electron chi connectivity index (χ4n) is 8.93. The minimum absolute atomic E-state index is 0.107. The molecule has 184 valence electrons. The molecule has 0 aromatic heterocycles. The number of aryl methyl sites for hydroxylation is 1. The van der Waals surface area contributed by atoms with Gasteiger partial charge in [0.05, 0.1) is 13.7 Å². The Morgan fingerprint density at radius 3 is 2.74 bits per heavy atom. The SMILES string of the molecule is COc1ccc2c3c1OC1[C@H]4OC[C@@]4(CCCc4ccccc4)CC4C(C2)N(CC2CC2)CCC341. The van der Waals surface area contributed by atoms with E-state index in [2.05, 4.69) is 47.4 Å². The molecule has 4 fully saturated rings. The van der Waals surface area contributed by atoms with Gasteiger partial charge in [-0.25, -0.2) is 0 Å². The second-order valence-corrected chi connectivity index (χ2v) is 12.4. The molecule has 2 saturated carbocycles. The van der Waals surface area contributed by atoms with Gasteiger partial charge in [-0.05, 0) is 86.9 Å². The zero-order chi connectivity index (χ0) is 23.2. The molecule has 35 heavy (non-hydrogen) atoms. The summed E-state index contributed by atoms with van der Waals surface area (Å²) >= 11 is 0. The molecule has 4 unspecified atom stereocenters. The number of ether oxygens (including phenoxy) is 3. The van der Waals surface area contributed by atoms with E-state index in [1.165, 1.54) is 74.7 Å². The zero-order valence-electron chi connectivity index (χ0n) is 20.9. The summed E-state index contributed by atoms with van der Waals surface area (Å²) in [6, 6.07) is 16.1. The van der Waals surface area contributed by atoms with Crippen molar-refractivity contribution < 1.29 is 14.2 Å². The highest BCUT2D eigenvalue weighted by Crippen LogP contribution is 2.69. The van der Waals surface area contributed by atoms with Crippen molar-refractivity contribution in [3.8, 4) is 11.5 Å². The minimum atomic E-state index is 0.107. The van der Waals surface area contributed by atoms with E-state index in [0.717, 1.165) is 30.4 Å². The Bertz CT molecular complexity index is 1150. The Balaban J connectivity index is 1.16. The number of methoxy groups -OCH3 is 1. The first kappa shape index (κ1) is 21.1. The predicted molar refractivity (Wildman–Crippen MR) is 135 cm³/mol. The van der Waals surface area contributed by atoms with Crippen LogP contribution in [0.3, 0.4) is 0 Å². The lowest BCUT2D eigenvalue weighted by molar-refractivity contribution is -0.280. The van der Waals surface area contributed by atoms with Gasteiger partial charge in [-0.1, -0.05) is 36.4 Å². The van der Waals surface area contributed by atoms with Gasteiger partial charge in [-0.3, -0.25) is 4.90 Å². The van der Waals surface area contributed by atoms with Crippen LogP contribution in [0.4, 0.5) is 0 Å². The van der Waals surface area contributed by atoms with E-state index in [4.69, 9.17) is 14.2 Å². The number of fused-ring (bicyclic) bond motifs is 2. The predicted octanol–water partition coefficient (Wildman–Crippen LogP) is 5.16. The molecule has 3 heterocycles. The second kappa shape index (κ2) is 7.49. The van der Waals surface area contributed by atoms with Crippen LogP contribution in [0, 0.1) is 17.3 Å². The van der Waals surface area contributed by atoms with Crippen molar-refractivity contribution in [3.63, 3.8) is 0 Å². The average Bonchev–Trinajstić information content (AvgIpc) is 3.62. The van der Waals surface area contributed by atoms with E-state index in [1.807, 2.05) is 0 Å². The molecular formula is C31H37NO3. The highest BCUT2D eigenvalue weighted by Gasteiger charge is 2.73. The molecule has 2 bridgehead atoms. The van der Waals surface area contributed by atoms with Gasteiger partial charge in [0.2, 0.25) is 0 Å². The summed E-state index contributed by atoms with van der Waals surface area (Å²) in [7, 11) is 1.79. The summed E-state index contributed by atoms with van der Waals surface area (Å²) in [6.07, 6.45) is 10.5. The van der Waals surface area contributed by atoms with Crippen LogP contribution < -0.4 is 9.47 Å². The number of rotatable bonds is 7. The average molecular weight is 472 g/mol. The topological polar surface area (TPSA) is 30.9 Å². The quantitative estimate of drug-likeness (QED) is 0.558. The maximum Gasteiger partial charge on any atom is 0.165 e. The lowest BCUT2D eigenvalue weighted by atomic mass is 9.45. The fraction of sp³-hybridized carbons (Fsp3) is 0.613. The van der Waals surface area contributed by atoms with E-state index in [-0.39, 0.29) is 23.0 Å². The third-order valence-electron chi connectivity index (χ3n) is 10.7. The summed E-state index contributed by atoms with van der Waals surface area (Å²) in [5.74, 6) is 3.57. The monoisotopic (exact) mass is 471 g/mol. The Morgan fingerprint density at radius 1 is 1.09 bits per heavy atom.